The van der Waals surface area contributed by atoms with E-state index in [1.165, 1.54) is 15.1 Å². The highest BCUT2D eigenvalue weighted by Crippen LogP contribution is 2.07. The Morgan fingerprint density at radius 1 is 1.13 bits per heavy atom. The van der Waals surface area contributed by atoms with E-state index < -0.39 is 10.2 Å². The molecule has 8 heteroatoms. The average molecular weight is 338 g/mol. The summed E-state index contributed by atoms with van der Waals surface area (Å²) in [4.78, 5) is 12.2. The first-order valence-electron chi connectivity index (χ1n) is 7.48. The molecule has 2 rings (SSSR count). The van der Waals surface area contributed by atoms with Crippen LogP contribution in [0.2, 0.25) is 0 Å². The molecule has 126 valence electrons. The standard InChI is InChI=1S/C15H22N4O3S/c1-4-18(5-2)23(21,22)16-12-14-11-15(20)19(17(14)3)13-9-7-6-8-10-13/h6-11,16H,4-5,12H2,1-3H3. The summed E-state index contributed by atoms with van der Waals surface area (Å²) in [6.45, 7) is 4.42. The van der Waals surface area contributed by atoms with Crippen LogP contribution >= 0.6 is 0 Å². The molecule has 0 fully saturated rings. The first-order valence-corrected chi connectivity index (χ1v) is 8.92. The molecule has 1 aromatic heterocycles. The summed E-state index contributed by atoms with van der Waals surface area (Å²) in [5.74, 6) is 0. The summed E-state index contributed by atoms with van der Waals surface area (Å²) in [6.07, 6.45) is 0. The van der Waals surface area contributed by atoms with Gasteiger partial charge in [-0.25, -0.2) is 4.68 Å². The van der Waals surface area contributed by atoms with Gasteiger partial charge < -0.3 is 0 Å². The van der Waals surface area contributed by atoms with Gasteiger partial charge in [0.1, 0.15) is 0 Å². The lowest BCUT2D eigenvalue weighted by Crippen LogP contribution is -2.40. The number of hydrogen-bond acceptors (Lipinski definition) is 3. The van der Waals surface area contributed by atoms with Gasteiger partial charge in [0, 0.05) is 26.2 Å². The molecule has 23 heavy (non-hydrogen) atoms. The van der Waals surface area contributed by atoms with E-state index in [4.69, 9.17) is 0 Å². The Hall–Kier alpha value is -1.90. The predicted molar refractivity (Wildman–Crippen MR) is 89.7 cm³/mol. The zero-order chi connectivity index (χ0) is 17.0. The minimum atomic E-state index is -3.55. The highest BCUT2D eigenvalue weighted by atomic mass is 32.2. The van der Waals surface area contributed by atoms with E-state index in [0.29, 0.717) is 18.8 Å². The lowest BCUT2D eigenvalue weighted by Gasteiger charge is -2.19. The summed E-state index contributed by atoms with van der Waals surface area (Å²) in [5, 5.41) is 0. The van der Waals surface area contributed by atoms with Crippen molar-refractivity contribution in [2.45, 2.75) is 20.4 Å². The average Bonchev–Trinajstić information content (AvgIpc) is 2.81. The van der Waals surface area contributed by atoms with Crippen LogP contribution in [0.4, 0.5) is 0 Å². The van der Waals surface area contributed by atoms with Gasteiger partial charge in [0.05, 0.1) is 17.9 Å². The summed E-state index contributed by atoms with van der Waals surface area (Å²) in [6, 6.07) is 10.7. The molecule has 1 heterocycles. The van der Waals surface area contributed by atoms with Crippen molar-refractivity contribution in [2.24, 2.45) is 7.05 Å². The fraction of sp³-hybridized carbons (Fsp3) is 0.400. The van der Waals surface area contributed by atoms with Crippen molar-refractivity contribution in [1.29, 1.82) is 0 Å². The van der Waals surface area contributed by atoms with Crippen molar-refractivity contribution in [3.63, 3.8) is 0 Å². The van der Waals surface area contributed by atoms with Gasteiger partial charge in [0.15, 0.2) is 0 Å². The second kappa shape index (κ2) is 7.12. The normalized spacial score (nSPS) is 12.0. The third-order valence-electron chi connectivity index (χ3n) is 3.70. The number of hydrogen-bond donors (Lipinski definition) is 1. The van der Waals surface area contributed by atoms with Crippen molar-refractivity contribution in [1.82, 2.24) is 18.4 Å². The van der Waals surface area contributed by atoms with Crippen LogP contribution in [-0.4, -0.2) is 35.2 Å². The Bertz CT molecular complexity index is 805. The maximum absolute atomic E-state index is 12.2. The van der Waals surface area contributed by atoms with Crippen molar-refractivity contribution >= 4 is 10.2 Å². The number of nitrogens with zero attached hydrogens (tertiary/aromatic N) is 3. The summed E-state index contributed by atoms with van der Waals surface area (Å²) >= 11 is 0. The molecule has 0 aliphatic carbocycles. The van der Waals surface area contributed by atoms with Gasteiger partial charge >= 0.3 is 0 Å². The SMILES string of the molecule is CCN(CC)S(=O)(=O)NCc1cc(=O)n(-c2ccccc2)n1C. The maximum atomic E-state index is 12.2. The topological polar surface area (TPSA) is 76.3 Å². The van der Waals surface area contributed by atoms with E-state index >= 15 is 0 Å². The van der Waals surface area contributed by atoms with E-state index in [1.54, 1.807) is 25.6 Å². The van der Waals surface area contributed by atoms with E-state index in [-0.39, 0.29) is 12.1 Å². The number of nitrogens with one attached hydrogen (secondary N) is 1. The third kappa shape index (κ3) is 3.72. The first-order chi connectivity index (χ1) is 10.9. The first kappa shape index (κ1) is 17.5. The second-order valence-electron chi connectivity index (χ2n) is 5.06. The predicted octanol–water partition coefficient (Wildman–Crippen LogP) is 0.852. The van der Waals surface area contributed by atoms with Crippen LogP contribution in [0.25, 0.3) is 5.69 Å². The van der Waals surface area contributed by atoms with Crippen molar-refractivity contribution < 1.29 is 8.42 Å². The van der Waals surface area contributed by atoms with Crippen LogP contribution in [0.1, 0.15) is 19.5 Å². The van der Waals surface area contributed by atoms with Gasteiger partial charge in [-0.15, -0.1) is 0 Å². The van der Waals surface area contributed by atoms with Crippen LogP contribution in [0, 0.1) is 0 Å². The number of aromatic nitrogens is 2. The second-order valence-corrected chi connectivity index (χ2v) is 6.81. The zero-order valence-corrected chi connectivity index (χ0v) is 14.4. The molecule has 0 amide bonds. The van der Waals surface area contributed by atoms with Crippen molar-refractivity contribution in [3.8, 4) is 5.69 Å². The maximum Gasteiger partial charge on any atom is 0.279 e. The quantitative estimate of drug-likeness (QED) is 0.813. The Morgan fingerprint density at radius 3 is 2.30 bits per heavy atom. The molecule has 0 atom stereocenters. The van der Waals surface area contributed by atoms with Gasteiger partial charge in [-0.3, -0.25) is 9.48 Å². The van der Waals surface area contributed by atoms with Gasteiger partial charge in [-0.1, -0.05) is 32.0 Å². The Balaban J connectivity index is 2.25. The van der Waals surface area contributed by atoms with Crippen molar-refractivity contribution in [2.75, 3.05) is 13.1 Å². The van der Waals surface area contributed by atoms with E-state index in [0.717, 1.165) is 5.69 Å². The van der Waals surface area contributed by atoms with Crippen molar-refractivity contribution in [3.05, 3.63) is 52.4 Å². The molecule has 0 unspecified atom stereocenters. The minimum absolute atomic E-state index is 0.0599. The van der Waals surface area contributed by atoms with E-state index in [1.807, 2.05) is 30.3 Å². The fourth-order valence-electron chi connectivity index (χ4n) is 2.43. The fourth-order valence-corrected chi connectivity index (χ4v) is 3.62. The van der Waals surface area contributed by atoms with Gasteiger partial charge in [-0.2, -0.15) is 17.4 Å². The Morgan fingerprint density at radius 2 is 1.74 bits per heavy atom. The van der Waals surface area contributed by atoms with E-state index in [9.17, 15) is 13.2 Å². The zero-order valence-electron chi connectivity index (χ0n) is 13.6. The summed E-state index contributed by atoms with van der Waals surface area (Å²) in [5.41, 5.74) is 1.13. The highest BCUT2D eigenvalue weighted by molar-refractivity contribution is 7.87. The van der Waals surface area contributed by atoms with Crippen LogP contribution in [0.3, 0.4) is 0 Å². The molecule has 0 aliphatic rings. The molecule has 1 N–H and O–H groups in total. The molecule has 7 nitrogen and oxygen atoms in total. The third-order valence-corrected chi connectivity index (χ3v) is 5.40. The molecule has 0 bridgehead atoms. The molecule has 0 radical (unpaired) electrons. The smallest absolute Gasteiger partial charge is 0.279 e. The van der Waals surface area contributed by atoms with Crippen LogP contribution in [0.15, 0.2) is 41.2 Å². The van der Waals surface area contributed by atoms with E-state index in [2.05, 4.69) is 4.72 Å². The summed E-state index contributed by atoms with van der Waals surface area (Å²) in [7, 11) is -1.82. The highest BCUT2D eigenvalue weighted by Gasteiger charge is 2.19. The molecular formula is C15H22N4O3S. The molecule has 0 saturated carbocycles. The van der Waals surface area contributed by atoms with Crippen LogP contribution in [0.5, 0.6) is 0 Å². The monoisotopic (exact) mass is 338 g/mol. The molecule has 0 spiro atoms. The Labute approximate surface area is 136 Å². The molecule has 0 aliphatic heterocycles. The number of para-hydroxylation sites is 1. The Kier molecular flexibility index (Phi) is 5.40. The van der Waals surface area contributed by atoms with Crippen LogP contribution in [-0.2, 0) is 23.8 Å². The molecule has 2 aromatic rings. The lowest BCUT2D eigenvalue weighted by atomic mass is 10.3. The number of benzene rings is 1. The largest absolute Gasteiger partial charge is 0.284 e. The molecule has 0 saturated heterocycles. The van der Waals surface area contributed by atoms with Gasteiger partial charge in [-0.05, 0) is 12.1 Å². The molecule has 1 aromatic carbocycles. The minimum Gasteiger partial charge on any atom is -0.284 e. The molecular weight excluding hydrogens is 316 g/mol. The summed E-state index contributed by atoms with van der Waals surface area (Å²) < 4.78 is 31.3. The van der Waals surface area contributed by atoms with Gasteiger partial charge in [0.2, 0.25) is 0 Å². The number of rotatable bonds is 7. The van der Waals surface area contributed by atoms with Gasteiger partial charge in [0.25, 0.3) is 15.8 Å². The van der Waals surface area contributed by atoms with Crippen LogP contribution < -0.4 is 10.3 Å². The lowest BCUT2D eigenvalue weighted by molar-refractivity contribution is 0.433.